The Morgan fingerprint density at radius 1 is 0.821 bits per heavy atom. The molecule has 0 radical (unpaired) electrons. The van der Waals surface area contributed by atoms with Gasteiger partial charge in [-0.1, -0.05) is 0 Å². The van der Waals surface area contributed by atoms with Crippen LogP contribution in [-0.4, -0.2) is 58.4 Å². The summed E-state index contributed by atoms with van der Waals surface area (Å²) in [5.74, 6) is 0. The van der Waals surface area contributed by atoms with Gasteiger partial charge >= 0.3 is 181 Å². The minimum absolute atomic E-state index is 0.351. The molecule has 1 unspecified atom stereocenters. The first kappa shape index (κ1) is 26.1. The van der Waals surface area contributed by atoms with Crippen molar-refractivity contribution in [2.75, 3.05) is 20.1 Å². The van der Waals surface area contributed by atoms with E-state index in [9.17, 15) is 4.79 Å². The van der Waals surface area contributed by atoms with Gasteiger partial charge in [0.2, 0.25) is 0 Å². The Hall–Kier alpha value is 0.0687. The van der Waals surface area contributed by atoms with Crippen LogP contribution in [0.1, 0.15) is 105 Å². The van der Waals surface area contributed by atoms with Crippen LogP contribution in [0, 0.1) is 0 Å². The van der Waals surface area contributed by atoms with Crippen molar-refractivity contribution in [2.24, 2.45) is 0 Å². The van der Waals surface area contributed by atoms with Crippen LogP contribution in [0.5, 0.6) is 0 Å². The van der Waals surface area contributed by atoms with Crippen molar-refractivity contribution in [1.82, 2.24) is 9.80 Å². The molecule has 1 fully saturated rings. The van der Waals surface area contributed by atoms with Crippen LogP contribution in [0.25, 0.3) is 0 Å². The normalized spacial score (nSPS) is 15.8. The summed E-state index contributed by atoms with van der Waals surface area (Å²) in [5.41, 5.74) is 0. The number of amides is 2. The number of nitrogens with zero attached hydrogens (tertiary/aromatic N) is 2. The molecule has 1 aliphatic heterocycles. The van der Waals surface area contributed by atoms with Gasteiger partial charge in [-0.25, -0.2) is 0 Å². The predicted molar refractivity (Wildman–Crippen MR) is 127 cm³/mol. The molecule has 1 atom stereocenters. The van der Waals surface area contributed by atoms with E-state index in [0.717, 1.165) is 13.1 Å². The first-order valence-corrected chi connectivity index (χ1v) is 20.3. The molecule has 0 spiro atoms. The van der Waals surface area contributed by atoms with Crippen LogP contribution in [0.3, 0.4) is 0 Å². The molecule has 4 heteroatoms. The fourth-order valence-corrected chi connectivity index (χ4v) is 24.3. The standard InChI is InChI=1S/C12H23N2O.3C4H9.Sn/c1-3-4-5-6-9-13(2)12(15)14-10-7-8-11-14;3*1-3-4-2;/h9H,3-8,10-11H2,1-2H3;3*1,3-4H2,2H3;. The number of hydrogen-bond acceptors (Lipinski definition) is 1. The van der Waals surface area contributed by atoms with E-state index in [1.165, 1.54) is 90.4 Å². The summed E-state index contributed by atoms with van der Waals surface area (Å²) in [6, 6.07) is 0.351. The maximum absolute atomic E-state index is 13.4. The SMILES string of the molecule is CCCCC[CH](N(C)C(=O)N1CCCC1)[Sn]([CH2]CCC)([CH2]CCC)[CH2]CCC. The van der Waals surface area contributed by atoms with Gasteiger partial charge in [0, 0.05) is 0 Å². The van der Waals surface area contributed by atoms with E-state index in [0.29, 0.717) is 10.1 Å². The van der Waals surface area contributed by atoms with Crippen molar-refractivity contribution in [1.29, 1.82) is 0 Å². The number of carbonyl (C=O) groups is 1. The van der Waals surface area contributed by atoms with Crippen LogP contribution < -0.4 is 0 Å². The Labute approximate surface area is 180 Å². The predicted octanol–water partition coefficient (Wildman–Crippen LogP) is 7.47. The number of rotatable bonds is 15. The second-order valence-corrected chi connectivity index (χ2v) is 23.2. The van der Waals surface area contributed by atoms with Gasteiger partial charge in [-0.15, -0.1) is 0 Å². The third-order valence-electron chi connectivity index (χ3n) is 7.02. The van der Waals surface area contributed by atoms with Crippen LogP contribution >= 0.6 is 0 Å². The van der Waals surface area contributed by atoms with E-state index in [1.54, 1.807) is 0 Å². The monoisotopic (exact) mass is 502 g/mol. The number of unbranched alkanes of at least 4 members (excludes halogenated alkanes) is 5. The van der Waals surface area contributed by atoms with Crippen LogP contribution in [0.15, 0.2) is 0 Å². The molecule has 0 N–H and O–H groups in total. The molecular weight excluding hydrogens is 451 g/mol. The van der Waals surface area contributed by atoms with Crippen molar-refractivity contribution >= 4 is 24.4 Å². The Bertz CT molecular complexity index is 388. The molecule has 3 nitrogen and oxygen atoms in total. The second kappa shape index (κ2) is 15.0. The summed E-state index contributed by atoms with van der Waals surface area (Å²) in [4.78, 5) is 17.8. The number of urea groups is 1. The van der Waals surface area contributed by atoms with Gasteiger partial charge in [0.1, 0.15) is 0 Å². The molecule has 0 aromatic rings. The molecule has 0 aliphatic carbocycles. The molecule has 166 valence electrons. The third-order valence-corrected chi connectivity index (χ3v) is 24.5. The molecule has 0 aromatic heterocycles. The quantitative estimate of drug-likeness (QED) is 0.169. The molecule has 2 amide bonds. The average Bonchev–Trinajstić information content (AvgIpc) is 3.25. The molecule has 1 rings (SSSR count). The molecule has 0 saturated carbocycles. The van der Waals surface area contributed by atoms with Crippen LogP contribution in [0.4, 0.5) is 4.79 Å². The molecule has 1 aliphatic rings. The van der Waals surface area contributed by atoms with Gasteiger partial charge < -0.3 is 0 Å². The average molecular weight is 501 g/mol. The van der Waals surface area contributed by atoms with E-state index in [4.69, 9.17) is 0 Å². The topological polar surface area (TPSA) is 23.6 Å². The summed E-state index contributed by atoms with van der Waals surface area (Å²) in [6.07, 6.45) is 15.6. The summed E-state index contributed by atoms with van der Waals surface area (Å²) in [5, 5.41) is 0. The Balaban J connectivity index is 3.14. The van der Waals surface area contributed by atoms with E-state index in [1.807, 2.05) is 0 Å². The molecule has 28 heavy (non-hydrogen) atoms. The Morgan fingerprint density at radius 2 is 1.29 bits per heavy atom. The van der Waals surface area contributed by atoms with E-state index in [-0.39, 0.29) is 0 Å². The zero-order chi connectivity index (χ0) is 20.8. The maximum atomic E-state index is 13.4. The molecule has 1 heterocycles. The van der Waals surface area contributed by atoms with Crippen molar-refractivity contribution in [3.05, 3.63) is 0 Å². The van der Waals surface area contributed by atoms with Gasteiger partial charge in [-0.05, 0) is 0 Å². The first-order chi connectivity index (χ1) is 13.6. The van der Waals surface area contributed by atoms with Gasteiger partial charge in [-0.2, -0.15) is 0 Å². The Kier molecular flexibility index (Phi) is 13.9. The minimum atomic E-state index is -2.48. The summed E-state index contributed by atoms with van der Waals surface area (Å²) in [6.45, 7) is 11.3. The summed E-state index contributed by atoms with van der Waals surface area (Å²) >= 11 is -2.48. The number of carbonyl (C=O) groups excluding carboxylic acids is 1. The molecule has 0 aromatic carbocycles. The van der Waals surface area contributed by atoms with Gasteiger partial charge in [-0.3, -0.25) is 0 Å². The van der Waals surface area contributed by atoms with E-state index in [2.05, 4.69) is 44.5 Å². The fraction of sp³-hybridized carbons (Fsp3) is 0.958. The van der Waals surface area contributed by atoms with E-state index >= 15 is 0 Å². The number of hydrogen-bond donors (Lipinski definition) is 0. The van der Waals surface area contributed by atoms with Gasteiger partial charge in [0.05, 0.1) is 0 Å². The summed E-state index contributed by atoms with van der Waals surface area (Å²) in [7, 11) is 2.17. The summed E-state index contributed by atoms with van der Waals surface area (Å²) < 4.78 is 5.11. The van der Waals surface area contributed by atoms with E-state index < -0.39 is 18.4 Å². The van der Waals surface area contributed by atoms with Crippen molar-refractivity contribution in [3.8, 4) is 0 Å². The zero-order valence-electron chi connectivity index (χ0n) is 19.9. The van der Waals surface area contributed by atoms with Crippen molar-refractivity contribution in [2.45, 2.75) is 122 Å². The third kappa shape index (κ3) is 8.07. The first-order valence-electron chi connectivity index (χ1n) is 12.6. The fourth-order valence-electron chi connectivity index (χ4n) is 5.22. The van der Waals surface area contributed by atoms with Gasteiger partial charge in [0.25, 0.3) is 0 Å². The van der Waals surface area contributed by atoms with Crippen molar-refractivity contribution < 1.29 is 4.79 Å². The van der Waals surface area contributed by atoms with Crippen LogP contribution in [-0.2, 0) is 0 Å². The molecule has 0 bridgehead atoms. The Morgan fingerprint density at radius 3 is 1.71 bits per heavy atom. The molecule has 1 saturated heterocycles. The van der Waals surface area contributed by atoms with Gasteiger partial charge in [0.15, 0.2) is 0 Å². The van der Waals surface area contributed by atoms with Crippen LogP contribution in [0.2, 0.25) is 13.3 Å². The second-order valence-electron chi connectivity index (χ2n) is 9.27. The molecular formula is C24H50N2OSn. The van der Waals surface area contributed by atoms with Crippen molar-refractivity contribution in [3.63, 3.8) is 0 Å². The zero-order valence-corrected chi connectivity index (χ0v) is 22.8. The number of likely N-dealkylation sites (tertiary alicyclic amines) is 1.